The molecule has 0 spiro atoms. The number of benzene rings is 3. The average molecular weight is 299 g/mol. The molecule has 4 rings (SSSR count). The lowest BCUT2D eigenvalue weighted by Gasteiger charge is -2.50. The third-order valence-corrected chi connectivity index (χ3v) is 4.84. The Bertz CT molecular complexity index is 762. The Kier molecular flexibility index (Phi) is 3.63. The molecule has 2 atom stereocenters. The van der Waals surface area contributed by atoms with Crippen LogP contribution in [0.1, 0.15) is 28.7 Å². The third kappa shape index (κ3) is 2.63. The number of para-hydroxylation sites is 1. The van der Waals surface area contributed by atoms with E-state index in [1.165, 1.54) is 22.4 Å². The van der Waals surface area contributed by atoms with Gasteiger partial charge in [0.25, 0.3) is 0 Å². The molecule has 2 unspecified atom stereocenters. The van der Waals surface area contributed by atoms with Crippen LogP contribution in [0.5, 0.6) is 0 Å². The van der Waals surface area contributed by atoms with Crippen LogP contribution in [-0.2, 0) is 0 Å². The first kappa shape index (κ1) is 14.1. The molecule has 1 saturated heterocycles. The zero-order valence-corrected chi connectivity index (χ0v) is 13.4. The molecule has 1 fully saturated rings. The summed E-state index contributed by atoms with van der Waals surface area (Å²) in [4.78, 5) is 2.51. The summed E-state index contributed by atoms with van der Waals surface area (Å²) in [5, 5.41) is 0. The van der Waals surface area contributed by atoms with Gasteiger partial charge in [0.05, 0.1) is 6.04 Å². The molecule has 0 bridgehead atoms. The van der Waals surface area contributed by atoms with Crippen LogP contribution >= 0.6 is 0 Å². The van der Waals surface area contributed by atoms with Crippen molar-refractivity contribution in [1.82, 2.24) is 0 Å². The molecule has 1 heterocycles. The van der Waals surface area contributed by atoms with Crippen LogP contribution in [0.25, 0.3) is 0 Å². The molecule has 114 valence electrons. The predicted octanol–water partition coefficient (Wildman–Crippen LogP) is 5.34. The number of anilines is 1. The zero-order valence-electron chi connectivity index (χ0n) is 13.4. The monoisotopic (exact) mass is 299 g/mol. The van der Waals surface area contributed by atoms with Gasteiger partial charge in [0.15, 0.2) is 0 Å². The molecule has 3 aromatic carbocycles. The Balaban J connectivity index is 1.70. The number of hydrogen-bond acceptors (Lipinski definition) is 1. The summed E-state index contributed by atoms with van der Waals surface area (Å²) in [7, 11) is 0. The molecule has 0 aromatic heterocycles. The summed E-state index contributed by atoms with van der Waals surface area (Å²) in [5.74, 6) is 0.554. The Morgan fingerprint density at radius 1 is 0.696 bits per heavy atom. The van der Waals surface area contributed by atoms with E-state index in [0.29, 0.717) is 12.0 Å². The lowest BCUT2D eigenvalue weighted by molar-refractivity contribution is 0.391. The average Bonchev–Trinajstić information content (AvgIpc) is 2.58. The van der Waals surface area contributed by atoms with Gasteiger partial charge in [0, 0.05) is 18.2 Å². The van der Waals surface area contributed by atoms with Crippen LogP contribution in [-0.4, -0.2) is 6.54 Å². The van der Waals surface area contributed by atoms with E-state index in [4.69, 9.17) is 0 Å². The summed E-state index contributed by atoms with van der Waals surface area (Å²) in [6, 6.07) is 31.1. The lowest BCUT2D eigenvalue weighted by atomic mass is 9.78. The van der Waals surface area contributed by atoms with Crippen molar-refractivity contribution in [1.29, 1.82) is 0 Å². The smallest absolute Gasteiger partial charge is 0.0628 e. The summed E-state index contributed by atoms with van der Waals surface area (Å²) in [6.07, 6.45) is 0. The van der Waals surface area contributed by atoms with E-state index in [2.05, 4.69) is 96.8 Å². The minimum atomic E-state index is 0.418. The van der Waals surface area contributed by atoms with Crippen molar-refractivity contribution in [3.8, 4) is 0 Å². The highest BCUT2D eigenvalue weighted by Gasteiger charge is 2.40. The van der Waals surface area contributed by atoms with E-state index in [1.54, 1.807) is 0 Å². The SMILES string of the molecule is Cc1ccc(C2CN(c3ccccc3)C2c2ccccc2)cc1. The molecule has 1 heteroatoms. The van der Waals surface area contributed by atoms with Crippen molar-refractivity contribution in [2.75, 3.05) is 11.4 Å². The lowest BCUT2D eigenvalue weighted by Crippen LogP contribution is -2.48. The summed E-state index contributed by atoms with van der Waals surface area (Å²) < 4.78 is 0. The van der Waals surface area contributed by atoms with Gasteiger partial charge in [0.1, 0.15) is 0 Å². The summed E-state index contributed by atoms with van der Waals surface area (Å²) in [6.45, 7) is 3.22. The van der Waals surface area contributed by atoms with Gasteiger partial charge in [-0.15, -0.1) is 0 Å². The molecule has 1 nitrogen and oxygen atoms in total. The first-order chi connectivity index (χ1) is 11.3. The number of nitrogens with zero attached hydrogens (tertiary/aromatic N) is 1. The van der Waals surface area contributed by atoms with E-state index in [-0.39, 0.29) is 0 Å². The van der Waals surface area contributed by atoms with Gasteiger partial charge in [-0.2, -0.15) is 0 Å². The van der Waals surface area contributed by atoms with Gasteiger partial charge in [-0.1, -0.05) is 78.4 Å². The highest BCUT2D eigenvalue weighted by Crippen LogP contribution is 2.47. The van der Waals surface area contributed by atoms with Gasteiger partial charge in [0.2, 0.25) is 0 Å². The maximum absolute atomic E-state index is 2.51. The van der Waals surface area contributed by atoms with Crippen molar-refractivity contribution in [3.63, 3.8) is 0 Å². The number of rotatable bonds is 3. The Hall–Kier alpha value is -2.54. The van der Waals surface area contributed by atoms with Crippen LogP contribution in [0.2, 0.25) is 0 Å². The van der Waals surface area contributed by atoms with E-state index < -0.39 is 0 Å². The van der Waals surface area contributed by atoms with Crippen molar-refractivity contribution >= 4 is 5.69 Å². The molecule has 1 aliphatic heterocycles. The van der Waals surface area contributed by atoms with E-state index in [9.17, 15) is 0 Å². The van der Waals surface area contributed by atoms with E-state index >= 15 is 0 Å². The normalized spacial score (nSPS) is 20.1. The highest BCUT2D eigenvalue weighted by molar-refractivity contribution is 5.55. The quantitative estimate of drug-likeness (QED) is 0.631. The van der Waals surface area contributed by atoms with Gasteiger partial charge in [-0.05, 0) is 30.2 Å². The molecule has 23 heavy (non-hydrogen) atoms. The molecular weight excluding hydrogens is 278 g/mol. The van der Waals surface area contributed by atoms with Crippen molar-refractivity contribution < 1.29 is 0 Å². The third-order valence-electron chi connectivity index (χ3n) is 4.84. The van der Waals surface area contributed by atoms with Crippen LogP contribution in [0.4, 0.5) is 5.69 Å². The molecule has 0 N–H and O–H groups in total. The number of aryl methyl sites for hydroxylation is 1. The minimum Gasteiger partial charge on any atom is -0.363 e. The zero-order chi connectivity index (χ0) is 15.6. The van der Waals surface area contributed by atoms with Crippen molar-refractivity contribution in [2.45, 2.75) is 18.9 Å². The first-order valence-electron chi connectivity index (χ1n) is 8.26. The molecule has 0 radical (unpaired) electrons. The maximum Gasteiger partial charge on any atom is 0.0628 e. The first-order valence-corrected chi connectivity index (χ1v) is 8.26. The standard InChI is InChI=1S/C22H21N/c1-17-12-14-18(15-13-17)21-16-23(20-10-6-3-7-11-20)22(21)19-8-4-2-5-9-19/h2-15,21-22H,16H2,1H3. The second-order valence-corrected chi connectivity index (χ2v) is 6.36. The topological polar surface area (TPSA) is 3.24 Å². The van der Waals surface area contributed by atoms with Gasteiger partial charge < -0.3 is 4.90 Å². The molecule has 3 aromatic rings. The Labute approximate surface area is 138 Å². The second-order valence-electron chi connectivity index (χ2n) is 6.36. The summed E-state index contributed by atoms with van der Waals surface area (Å²) in [5.41, 5.74) is 5.47. The predicted molar refractivity (Wildman–Crippen MR) is 96.9 cm³/mol. The fourth-order valence-electron chi connectivity index (χ4n) is 3.55. The van der Waals surface area contributed by atoms with Gasteiger partial charge in [-0.25, -0.2) is 0 Å². The van der Waals surface area contributed by atoms with Crippen molar-refractivity contribution in [3.05, 3.63) is 102 Å². The van der Waals surface area contributed by atoms with Crippen LogP contribution in [0, 0.1) is 6.92 Å². The van der Waals surface area contributed by atoms with Gasteiger partial charge in [-0.3, -0.25) is 0 Å². The number of hydrogen-bond donors (Lipinski definition) is 0. The van der Waals surface area contributed by atoms with E-state index in [0.717, 1.165) is 6.54 Å². The van der Waals surface area contributed by atoms with Crippen LogP contribution < -0.4 is 4.90 Å². The van der Waals surface area contributed by atoms with Crippen molar-refractivity contribution in [2.24, 2.45) is 0 Å². The summed E-state index contributed by atoms with van der Waals surface area (Å²) >= 11 is 0. The molecular formula is C22H21N. The van der Waals surface area contributed by atoms with Crippen LogP contribution in [0.3, 0.4) is 0 Å². The Morgan fingerprint density at radius 2 is 1.30 bits per heavy atom. The molecule has 0 saturated carbocycles. The largest absolute Gasteiger partial charge is 0.363 e. The molecule has 1 aliphatic rings. The maximum atomic E-state index is 2.51. The fourth-order valence-corrected chi connectivity index (χ4v) is 3.55. The Morgan fingerprint density at radius 3 is 1.96 bits per heavy atom. The van der Waals surface area contributed by atoms with Crippen LogP contribution in [0.15, 0.2) is 84.9 Å². The second kappa shape index (κ2) is 5.92. The molecule has 0 amide bonds. The van der Waals surface area contributed by atoms with Gasteiger partial charge >= 0.3 is 0 Å². The molecule has 0 aliphatic carbocycles. The van der Waals surface area contributed by atoms with E-state index in [1.807, 2.05) is 0 Å². The minimum absolute atomic E-state index is 0.418. The highest BCUT2D eigenvalue weighted by atomic mass is 15.2. The fraction of sp³-hybridized carbons (Fsp3) is 0.182.